The molecule has 4 N–H and O–H groups in total. The van der Waals surface area contributed by atoms with Crippen LogP contribution >= 0.6 is 0 Å². The molecule has 0 amide bonds. The minimum Gasteiger partial charge on any atom is -0.379 e. The Bertz CT molecular complexity index is 149. The van der Waals surface area contributed by atoms with Gasteiger partial charge < -0.3 is 21.1 Å². The van der Waals surface area contributed by atoms with Crippen molar-refractivity contribution in [3.8, 4) is 0 Å². The lowest BCUT2D eigenvalue weighted by molar-refractivity contribution is 0.0720. The van der Waals surface area contributed by atoms with Crippen LogP contribution in [0.1, 0.15) is 26.2 Å². The smallest absolute Gasteiger partial charge is 0.0620 e. The molecule has 0 saturated carbocycles. The van der Waals surface area contributed by atoms with Crippen LogP contribution in [0.5, 0.6) is 0 Å². The Hall–Kier alpha value is -0.160. The molecule has 1 fully saturated rings. The Kier molecular flexibility index (Phi) is 6.92. The Labute approximate surface area is 92.9 Å². The molecule has 1 aliphatic heterocycles. The van der Waals surface area contributed by atoms with Crippen molar-refractivity contribution in [2.45, 2.75) is 38.3 Å². The van der Waals surface area contributed by atoms with Gasteiger partial charge in [0.2, 0.25) is 0 Å². The minimum absolute atomic E-state index is 0.237. The number of nitrogens with one attached hydrogen (secondary N) is 2. The first-order valence-corrected chi connectivity index (χ1v) is 6.10. The summed E-state index contributed by atoms with van der Waals surface area (Å²) in [5.41, 5.74) is 6.03. The van der Waals surface area contributed by atoms with E-state index in [9.17, 15) is 0 Å². The summed E-state index contributed by atoms with van der Waals surface area (Å²) < 4.78 is 5.39. The molecule has 0 spiro atoms. The monoisotopic (exact) mass is 215 g/mol. The standard InChI is InChI=1S/C11H25N3O/c1-2-3-4-13-8-10(12)7-11-9-15-6-5-14-11/h10-11,13-14H,2-9,12H2,1H3. The van der Waals surface area contributed by atoms with Crippen molar-refractivity contribution in [1.29, 1.82) is 0 Å². The van der Waals surface area contributed by atoms with Crippen LogP contribution in [0.25, 0.3) is 0 Å². The summed E-state index contributed by atoms with van der Waals surface area (Å²) in [6, 6.07) is 0.683. The maximum Gasteiger partial charge on any atom is 0.0620 e. The van der Waals surface area contributed by atoms with Gasteiger partial charge in [-0.2, -0.15) is 0 Å². The van der Waals surface area contributed by atoms with Crippen molar-refractivity contribution in [2.75, 3.05) is 32.8 Å². The molecule has 4 heteroatoms. The van der Waals surface area contributed by atoms with Gasteiger partial charge in [-0.25, -0.2) is 0 Å². The van der Waals surface area contributed by atoms with E-state index in [4.69, 9.17) is 10.5 Å². The fourth-order valence-corrected chi connectivity index (χ4v) is 1.81. The Balaban J connectivity index is 1.98. The van der Waals surface area contributed by atoms with Gasteiger partial charge in [0.15, 0.2) is 0 Å². The van der Waals surface area contributed by atoms with Crippen molar-refractivity contribution >= 4 is 0 Å². The van der Waals surface area contributed by atoms with Gasteiger partial charge in [-0.05, 0) is 19.4 Å². The number of morpholine rings is 1. The number of hydrogen-bond acceptors (Lipinski definition) is 4. The first-order valence-electron chi connectivity index (χ1n) is 6.10. The van der Waals surface area contributed by atoms with E-state index in [1.807, 2.05) is 0 Å². The fraction of sp³-hybridized carbons (Fsp3) is 1.00. The maximum atomic E-state index is 6.03. The van der Waals surface area contributed by atoms with Gasteiger partial charge in [-0.15, -0.1) is 0 Å². The van der Waals surface area contributed by atoms with Crippen molar-refractivity contribution in [2.24, 2.45) is 5.73 Å². The number of unbranched alkanes of at least 4 members (excludes halogenated alkanes) is 1. The van der Waals surface area contributed by atoms with E-state index in [0.717, 1.165) is 39.3 Å². The Morgan fingerprint density at radius 3 is 3.13 bits per heavy atom. The number of rotatable bonds is 7. The van der Waals surface area contributed by atoms with Gasteiger partial charge in [0, 0.05) is 25.2 Å². The van der Waals surface area contributed by atoms with Gasteiger partial charge in [-0.1, -0.05) is 13.3 Å². The average Bonchev–Trinajstić information content (AvgIpc) is 2.26. The van der Waals surface area contributed by atoms with Gasteiger partial charge >= 0.3 is 0 Å². The second-order valence-corrected chi connectivity index (χ2v) is 4.28. The molecule has 1 rings (SSSR count). The maximum absolute atomic E-state index is 6.03. The lowest BCUT2D eigenvalue weighted by atomic mass is 10.1. The SMILES string of the molecule is CCCCNCC(N)CC1COCCN1. The van der Waals surface area contributed by atoms with Crippen LogP contribution in [-0.4, -0.2) is 44.9 Å². The third-order valence-electron chi connectivity index (χ3n) is 2.70. The van der Waals surface area contributed by atoms with Crippen LogP contribution in [0.4, 0.5) is 0 Å². The van der Waals surface area contributed by atoms with Crippen LogP contribution in [0, 0.1) is 0 Å². The van der Waals surface area contributed by atoms with Crippen LogP contribution in [0.15, 0.2) is 0 Å². The van der Waals surface area contributed by atoms with Gasteiger partial charge in [0.05, 0.1) is 13.2 Å². The highest BCUT2D eigenvalue weighted by Crippen LogP contribution is 2.00. The molecule has 1 aliphatic rings. The highest BCUT2D eigenvalue weighted by atomic mass is 16.5. The number of hydrogen-bond donors (Lipinski definition) is 3. The molecular formula is C11H25N3O. The zero-order chi connectivity index (χ0) is 10.9. The third kappa shape index (κ3) is 6.10. The molecule has 0 aromatic rings. The highest BCUT2D eigenvalue weighted by molar-refractivity contribution is 4.77. The predicted octanol–water partition coefficient (Wildman–Crippen LogP) is 0.0819. The summed E-state index contributed by atoms with van der Waals surface area (Å²) >= 11 is 0. The average molecular weight is 215 g/mol. The normalized spacial score (nSPS) is 24.0. The van der Waals surface area contributed by atoms with Crippen molar-refractivity contribution in [3.63, 3.8) is 0 Å². The van der Waals surface area contributed by atoms with Crippen LogP contribution < -0.4 is 16.4 Å². The fourth-order valence-electron chi connectivity index (χ4n) is 1.81. The van der Waals surface area contributed by atoms with Gasteiger partial charge in [0.25, 0.3) is 0 Å². The van der Waals surface area contributed by atoms with E-state index in [2.05, 4.69) is 17.6 Å². The topological polar surface area (TPSA) is 59.3 Å². The summed E-state index contributed by atoms with van der Waals surface area (Å²) in [6.45, 7) is 6.80. The van der Waals surface area contributed by atoms with E-state index >= 15 is 0 Å². The highest BCUT2D eigenvalue weighted by Gasteiger charge is 2.15. The van der Waals surface area contributed by atoms with Crippen LogP contribution in [-0.2, 0) is 4.74 Å². The van der Waals surface area contributed by atoms with Gasteiger partial charge in [-0.3, -0.25) is 0 Å². The summed E-state index contributed by atoms with van der Waals surface area (Å²) in [5, 5.41) is 6.80. The summed E-state index contributed by atoms with van der Waals surface area (Å²) in [4.78, 5) is 0. The third-order valence-corrected chi connectivity index (χ3v) is 2.70. The predicted molar refractivity (Wildman–Crippen MR) is 63.0 cm³/mol. The molecule has 2 unspecified atom stereocenters. The second kappa shape index (κ2) is 8.05. The molecule has 90 valence electrons. The summed E-state index contributed by atoms with van der Waals surface area (Å²) in [5.74, 6) is 0. The quantitative estimate of drug-likeness (QED) is 0.527. The van der Waals surface area contributed by atoms with E-state index in [-0.39, 0.29) is 6.04 Å². The van der Waals surface area contributed by atoms with Crippen molar-refractivity contribution < 1.29 is 4.74 Å². The number of nitrogens with two attached hydrogens (primary N) is 1. The first-order chi connectivity index (χ1) is 7.33. The van der Waals surface area contributed by atoms with Crippen molar-refractivity contribution in [1.82, 2.24) is 10.6 Å². The summed E-state index contributed by atoms with van der Waals surface area (Å²) in [6.07, 6.45) is 3.47. The molecule has 1 heterocycles. The van der Waals surface area contributed by atoms with Gasteiger partial charge in [0.1, 0.15) is 0 Å². The summed E-state index contributed by atoms with van der Waals surface area (Å²) in [7, 11) is 0. The van der Waals surface area contributed by atoms with Crippen molar-refractivity contribution in [3.05, 3.63) is 0 Å². The molecule has 0 bridgehead atoms. The zero-order valence-electron chi connectivity index (χ0n) is 9.80. The second-order valence-electron chi connectivity index (χ2n) is 4.28. The van der Waals surface area contributed by atoms with E-state index < -0.39 is 0 Å². The zero-order valence-corrected chi connectivity index (χ0v) is 9.80. The lowest BCUT2D eigenvalue weighted by Gasteiger charge is -2.26. The number of ether oxygens (including phenoxy) is 1. The molecular weight excluding hydrogens is 190 g/mol. The molecule has 0 aromatic heterocycles. The Morgan fingerprint density at radius 1 is 1.60 bits per heavy atom. The first kappa shape index (κ1) is 12.9. The van der Waals surface area contributed by atoms with Crippen LogP contribution in [0.3, 0.4) is 0 Å². The van der Waals surface area contributed by atoms with E-state index in [1.165, 1.54) is 12.8 Å². The molecule has 0 aromatic carbocycles. The van der Waals surface area contributed by atoms with E-state index in [1.54, 1.807) is 0 Å². The Morgan fingerprint density at radius 2 is 2.47 bits per heavy atom. The molecule has 15 heavy (non-hydrogen) atoms. The molecule has 4 nitrogen and oxygen atoms in total. The molecule has 0 radical (unpaired) electrons. The minimum atomic E-state index is 0.237. The molecule has 0 aliphatic carbocycles. The molecule has 2 atom stereocenters. The van der Waals surface area contributed by atoms with Crippen LogP contribution in [0.2, 0.25) is 0 Å². The largest absolute Gasteiger partial charge is 0.379 e. The molecule has 1 saturated heterocycles. The van der Waals surface area contributed by atoms with E-state index in [0.29, 0.717) is 6.04 Å². The lowest BCUT2D eigenvalue weighted by Crippen LogP contribution is -2.46.